The van der Waals surface area contributed by atoms with Crippen LogP contribution < -0.4 is 5.32 Å². The maximum Gasteiger partial charge on any atom is 0.305 e. The zero-order chi connectivity index (χ0) is 57.1. The van der Waals surface area contributed by atoms with Crippen molar-refractivity contribution in [3.63, 3.8) is 0 Å². The van der Waals surface area contributed by atoms with Crippen LogP contribution in [0.25, 0.3) is 0 Å². The number of nitrogens with one attached hydrogen (secondary N) is 1. The van der Waals surface area contributed by atoms with Crippen molar-refractivity contribution in [3.05, 3.63) is 60.8 Å². The Bertz CT molecular complexity index is 1370. The lowest BCUT2D eigenvalue weighted by molar-refractivity contribution is -0.143. The Morgan fingerprint density at radius 1 is 0.354 bits per heavy atom. The summed E-state index contributed by atoms with van der Waals surface area (Å²) in [6.07, 6.45) is 90.2. The predicted octanol–water partition coefficient (Wildman–Crippen LogP) is 22.6. The van der Waals surface area contributed by atoms with Crippen molar-refractivity contribution in [2.75, 3.05) is 13.2 Å². The number of esters is 1. The van der Waals surface area contributed by atoms with E-state index in [4.69, 9.17) is 4.74 Å². The van der Waals surface area contributed by atoms with Gasteiger partial charge in [-0.1, -0.05) is 325 Å². The molecule has 0 spiro atoms. The molecular formula is C73H135NO5. The summed E-state index contributed by atoms with van der Waals surface area (Å²) >= 11 is 0. The fourth-order valence-electron chi connectivity index (χ4n) is 10.6. The predicted molar refractivity (Wildman–Crippen MR) is 347 cm³/mol. The van der Waals surface area contributed by atoms with E-state index in [0.717, 1.165) is 57.8 Å². The second-order valence-corrected chi connectivity index (χ2v) is 23.9. The Balaban J connectivity index is 3.39. The lowest BCUT2D eigenvalue weighted by Gasteiger charge is -2.20. The van der Waals surface area contributed by atoms with E-state index < -0.39 is 12.1 Å². The van der Waals surface area contributed by atoms with Crippen LogP contribution in [-0.4, -0.2) is 47.4 Å². The van der Waals surface area contributed by atoms with Gasteiger partial charge < -0.3 is 20.3 Å². The van der Waals surface area contributed by atoms with E-state index in [2.05, 4.69) is 67.8 Å². The third-order valence-corrected chi connectivity index (χ3v) is 16.0. The van der Waals surface area contributed by atoms with E-state index >= 15 is 0 Å². The first-order chi connectivity index (χ1) is 39.0. The molecule has 0 rings (SSSR count). The van der Waals surface area contributed by atoms with Crippen molar-refractivity contribution in [1.82, 2.24) is 5.32 Å². The fraction of sp³-hybridized carbons (Fsp3) is 0.836. The summed E-state index contributed by atoms with van der Waals surface area (Å²) in [7, 11) is 0. The van der Waals surface area contributed by atoms with Gasteiger partial charge in [-0.2, -0.15) is 0 Å². The van der Waals surface area contributed by atoms with Crippen LogP contribution in [0.5, 0.6) is 0 Å². The molecule has 462 valence electrons. The molecule has 79 heavy (non-hydrogen) atoms. The SMILES string of the molecule is CCC/C=C\C/C=C\CCCCCCCC(=O)OCCCCCCCCCCCCC/C=C\C/C=C\CCCCCCCCCCCCCCCCCCCC(=O)NC(CO)C(O)/C=C/CCCCCCCCCCCCCC. The second kappa shape index (κ2) is 68.1. The number of rotatable bonds is 65. The highest BCUT2D eigenvalue weighted by atomic mass is 16.5. The van der Waals surface area contributed by atoms with Gasteiger partial charge in [0.15, 0.2) is 0 Å². The lowest BCUT2D eigenvalue weighted by Crippen LogP contribution is -2.45. The molecule has 0 saturated heterocycles. The molecule has 6 nitrogen and oxygen atoms in total. The van der Waals surface area contributed by atoms with Crippen molar-refractivity contribution in [3.8, 4) is 0 Å². The Morgan fingerprint density at radius 2 is 0.658 bits per heavy atom. The monoisotopic (exact) mass is 1110 g/mol. The van der Waals surface area contributed by atoms with Crippen LogP contribution >= 0.6 is 0 Å². The van der Waals surface area contributed by atoms with Gasteiger partial charge in [0.25, 0.3) is 0 Å². The van der Waals surface area contributed by atoms with Crippen LogP contribution in [0.4, 0.5) is 0 Å². The van der Waals surface area contributed by atoms with E-state index in [-0.39, 0.29) is 18.5 Å². The number of carbonyl (C=O) groups excluding carboxylic acids is 2. The molecule has 0 fully saturated rings. The van der Waals surface area contributed by atoms with Gasteiger partial charge in [0.05, 0.1) is 25.4 Å². The topological polar surface area (TPSA) is 95.9 Å². The minimum Gasteiger partial charge on any atom is -0.466 e. The fourth-order valence-corrected chi connectivity index (χ4v) is 10.6. The normalized spacial score (nSPS) is 12.9. The third kappa shape index (κ3) is 64.6. The number of unbranched alkanes of at least 4 members (excludes halogenated alkanes) is 46. The molecule has 2 unspecified atom stereocenters. The Labute approximate surface area is 492 Å². The van der Waals surface area contributed by atoms with Gasteiger partial charge in [-0.3, -0.25) is 9.59 Å². The summed E-state index contributed by atoms with van der Waals surface area (Å²) in [5.74, 6) is -0.0639. The number of amides is 1. The lowest BCUT2D eigenvalue weighted by atomic mass is 10.0. The van der Waals surface area contributed by atoms with Crippen molar-refractivity contribution >= 4 is 11.9 Å². The highest BCUT2D eigenvalue weighted by molar-refractivity contribution is 5.76. The highest BCUT2D eigenvalue weighted by Crippen LogP contribution is 2.18. The number of allylic oxidation sites excluding steroid dienone is 9. The molecule has 6 heteroatoms. The van der Waals surface area contributed by atoms with Gasteiger partial charge in [-0.25, -0.2) is 0 Å². The molecule has 0 aliphatic heterocycles. The van der Waals surface area contributed by atoms with Crippen LogP contribution in [0, 0.1) is 0 Å². The van der Waals surface area contributed by atoms with Crippen molar-refractivity contribution in [1.29, 1.82) is 0 Å². The summed E-state index contributed by atoms with van der Waals surface area (Å²) in [4.78, 5) is 24.5. The summed E-state index contributed by atoms with van der Waals surface area (Å²) in [5, 5.41) is 23.1. The van der Waals surface area contributed by atoms with Crippen molar-refractivity contribution in [2.45, 2.75) is 379 Å². The minimum atomic E-state index is -0.843. The molecule has 0 saturated carbocycles. The first kappa shape index (κ1) is 76.6. The summed E-state index contributed by atoms with van der Waals surface area (Å²) in [6, 6.07) is -0.626. The van der Waals surface area contributed by atoms with Crippen LogP contribution in [0.2, 0.25) is 0 Å². The summed E-state index contributed by atoms with van der Waals surface area (Å²) in [6.45, 7) is 4.85. The molecule has 3 N–H and O–H groups in total. The minimum absolute atomic E-state index is 0.000815. The highest BCUT2D eigenvalue weighted by Gasteiger charge is 2.18. The molecule has 0 aromatic rings. The van der Waals surface area contributed by atoms with E-state index in [0.29, 0.717) is 19.4 Å². The first-order valence-corrected chi connectivity index (χ1v) is 35.1. The van der Waals surface area contributed by atoms with Crippen LogP contribution in [-0.2, 0) is 14.3 Å². The van der Waals surface area contributed by atoms with Gasteiger partial charge in [0.1, 0.15) is 0 Å². The van der Waals surface area contributed by atoms with Gasteiger partial charge in [-0.15, -0.1) is 0 Å². The molecule has 0 aliphatic carbocycles. The number of hydrogen-bond donors (Lipinski definition) is 3. The maximum atomic E-state index is 12.5. The molecule has 0 aromatic heterocycles. The second-order valence-electron chi connectivity index (χ2n) is 23.9. The Kier molecular flexibility index (Phi) is 66.0. The zero-order valence-electron chi connectivity index (χ0n) is 52.9. The quantitative estimate of drug-likeness (QED) is 0.0320. The first-order valence-electron chi connectivity index (χ1n) is 35.1. The van der Waals surface area contributed by atoms with Crippen molar-refractivity contribution in [2.24, 2.45) is 0 Å². The molecule has 0 bridgehead atoms. The maximum absolute atomic E-state index is 12.5. The van der Waals surface area contributed by atoms with Crippen LogP contribution in [0.15, 0.2) is 60.8 Å². The molecular weight excluding hydrogens is 971 g/mol. The largest absolute Gasteiger partial charge is 0.466 e. The molecule has 1 amide bonds. The van der Waals surface area contributed by atoms with Crippen LogP contribution in [0.3, 0.4) is 0 Å². The summed E-state index contributed by atoms with van der Waals surface area (Å²) in [5.41, 5.74) is 0. The third-order valence-electron chi connectivity index (χ3n) is 16.0. The van der Waals surface area contributed by atoms with Crippen molar-refractivity contribution < 1.29 is 24.5 Å². The smallest absolute Gasteiger partial charge is 0.305 e. The zero-order valence-corrected chi connectivity index (χ0v) is 52.9. The average Bonchev–Trinajstić information content (AvgIpc) is 3.45. The molecule has 0 heterocycles. The van der Waals surface area contributed by atoms with E-state index in [1.165, 1.54) is 283 Å². The average molecular weight is 1110 g/mol. The van der Waals surface area contributed by atoms with E-state index in [1.807, 2.05) is 6.08 Å². The number of ether oxygens (including phenoxy) is 1. The van der Waals surface area contributed by atoms with E-state index in [9.17, 15) is 19.8 Å². The molecule has 0 aromatic carbocycles. The van der Waals surface area contributed by atoms with E-state index in [1.54, 1.807) is 6.08 Å². The van der Waals surface area contributed by atoms with Gasteiger partial charge in [0.2, 0.25) is 5.91 Å². The Hall–Kier alpha value is -2.44. The standard InChI is InChI=1S/C73H135NO5/c1-3-5-7-9-11-13-15-17-42-45-49-53-57-61-65-71(76)70(69-75)74-72(77)66-62-58-54-50-46-43-39-37-35-33-31-29-27-25-23-21-19-18-20-22-24-26-28-30-32-34-36-38-40-44-48-52-56-60-64-68-79-73(78)67-63-59-55-51-47-41-16-14-12-10-8-6-4-2/h8,10,14,16,20,22,26,28,61,65,70-71,75-76H,3-7,9,11-13,15,17-19,21,23-25,27,29-60,62-64,66-69H2,1-2H3,(H,74,77)/b10-8-,16-14-,22-20-,28-26-,65-61+. The summed E-state index contributed by atoms with van der Waals surface area (Å²) < 4.78 is 5.47. The molecule has 0 aliphatic rings. The van der Waals surface area contributed by atoms with Crippen LogP contribution in [0.1, 0.15) is 367 Å². The number of carbonyl (C=O) groups is 2. The Morgan fingerprint density at radius 3 is 1.01 bits per heavy atom. The van der Waals surface area contributed by atoms with Gasteiger partial charge in [-0.05, 0) is 89.9 Å². The number of hydrogen-bond acceptors (Lipinski definition) is 5. The van der Waals surface area contributed by atoms with Gasteiger partial charge >= 0.3 is 5.97 Å². The molecule has 0 radical (unpaired) electrons. The number of aliphatic hydroxyl groups is 2. The molecule has 2 atom stereocenters. The number of aliphatic hydroxyl groups excluding tert-OH is 2. The van der Waals surface area contributed by atoms with Gasteiger partial charge in [0, 0.05) is 12.8 Å².